The number of likely N-dealkylation sites (N-methyl/N-ethyl adjacent to an activating group) is 1. The van der Waals surface area contributed by atoms with E-state index in [0.717, 1.165) is 19.1 Å². The summed E-state index contributed by atoms with van der Waals surface area (Å²) in [7, 11) is 2.00. The van der Waals surface area contributed by atoms with Crippen molar-refractivity contribution in [1.82, 2.24) is 20.0 Å². The van der Waals surface area contributed by atoms with Crippen LogP contribution in [0.25, 0.3) is 0 Å². The van der Waals surface area contributed by atoms with E-state index in [-0.39, 0.29) is 0 Å². The van der Waals surface area contributed by atoms with Crippen LogP contribution in [0.4, 0.5) is 0 Å². The molecule has 1 unspecified atom stereocenters. The van der Waals surface area contributed by atoms with Crippen LogP contribution in [0.5, 0.6) is 0 Å². The predicted molar refractivity (Wildman–Crippen MR) is 69.9 cm³/mol. The van der Waals surface area contributed by atoms with Gasteiger partial charge in [-0.05, 0) is 32.4 Å². The minimum Gasteiger partial charge on any atom is -0.308 e. The standard InChI is InChI=1S/C13H24N4/c1-4-17(12-5-6-12)10-9-14-11(2)13-7-8-15-16(13)3/h7-8,11-12,14H,4-6,9-10H2,1-3H3. The first kappa shape index (κ1) is 12.6. The Hall–Kier alpha value is -0.870. The van der Waals surface area contributed by atoms with Gasteiger partial charge in [-0.1, -0.05) is 6.92 Å². The third kappa shape index (κ3) is 3.30. The molecule has 1 heterocycles. The van der Waals surface area contributed by atoms with E-state index in [9.17, 15) is 0 Å². The van der Waals surface area contributed by atoms with Gasteiger partial charge < -0.3 is 5.32 Å². The van der Waals surface area contributed by atoms with Gasteiger partial charge in [-0.3, -0.25) is 9.58 Å². The van der Waals surface area contributed by atoms with E-state index in [1.807, 2.05) is 17.9 Å². The number of nitrogens with zero attached hydrogens (tertiary/aromatic N) is 3. The lowest BCUT2D eigenvalue weighted by atomic mass is 10.2. The Morgan fingerprint density at radius 2 is 2.35 bits per heavy atom. The number of hydrogen-bond donors (Lipinski definition) is 1. The number of aromatic nitrogens is 2. The molecule has 0 amide bonds. The van der Waals surface area contributed by atoms with Crippen LogP contribution in [0.15, 0.2) is 12.3 Å². The van der Waals surface area contributed by atoms with Gasteiger partial charge in [0.1, 0.15) is 0 Å². The van der Waals surface area contributed by atoms with Crippen molar-refractivity contribution in [1.29, 1.82) is 0 Å². The smallest absolute Gasteiger partial charge is 0.0547 e. The quantitative estimate of drug-likeness (QED) is 0.780. The van der Waals surface area contributed by atoms with Gasteiger partial charge in [0.15, 0.2) is 0 Å². The molecule has 4 heteroatoms. The molecule has 0 radical (unpaired) electrons. The maximum atomic E-state index is 4.20. The largest absolute Gasteiger partial charge is 0.308 e. The first-order valence-corrected chi connectivity index (χ1v) is 6.67. The van der Waals surface area contributed by atoms with Crippen molar-refractivity contribution in [2.45, 2.75) is 38.8 Å². The SMILES string of the molecule is CCN(CCNC(C)c1ccnn1C)C1CC1. The van der Waals surface area contributed by atoms with Crippen molar-refractivity contribution in [3.05, 3.63) is 18.0 Å². The van der Waals surface area contributed by atoms with Crippen LogP contribution in [0.1, 0.15) is 38.4 Å². The highest BCUT2D eigenvalue weighted by Gasteiger charge is 2.27. The molecule has 0 spiro atoms. The van der Waals surface area contributed by atoms with E-state index >= 15 is 0 Å². The number of aryl methyl sites for hydroxylation is 1. The van der Waals surface area contributed by atoms with Gasteiger partial charge in [0, 0.05) is 38.4 Å². The third-order valence-electron chi connectivity index (χ3n) is 3.62. The number of hydrogen-bond acceptors (Lipinski definition) is 3. The van der Waals surface area contributed by atoms with Crippen LogP contribution in [0, 0.1) is 0 Å². The second-order valence-electron chi connectivity index (χ2n) is 4.92. The van der Waals surface area contributed by atoms with Crippen molar-refractivity contribution >= 4 is 0 Å². The first-order valence-electron chi connectivity index (χ1n) is 6.67. The van der Waals surface area contributed by atoms with E-state index in [1.54, 1.807) is 0 Å². The minimum atomic E-state index is 0.375. The first-order chi connectivity index (χ1) is 8.22. The highest BCUT2D eigenvalue weighted by atomic mass is 15.3. The summed E-state index contributed by atoms with van der Waals surface area (Å²) in [4.78, 5) is 2.57. The van der Waals surface area contributed by atoms with Crippen LogP contribution in [0.2, 0.25) is 0 Å². The van der Waals surface area contributed by atoms with Crippen molar-refractivity contribution in [3.63, 3.8) is 0 Å². The van der Waals surface area contributed by atoms with Crippen LogP contribution in [0.3, 0.4) is 0 Å². The van der Waals surface area contributed by atoms with Crippen LogP contribution < -0.4 is 5.32 Å². The average molecular weight is 236 g/mol. The summed E-state index contributed by atoms with van der Waals surface area (Å²) in [5, 5.41) is 7.77. The molecule has 1 atom stereocenters. The molecule has 1 aliphatic rings. The minimum absolute atomic E-state index is 0.375. The summed E-state index contributed by atoms with van der Waals surface area (Å²) in [5.41, 5.74) is 1.25. The second-order valence-corrected chi connectivity index (χ2v) is 4.92. The molecule has 1 N–H and O–H groups in total. The van der Waals surface area contributed by atoms with E-state index in [0.29, 0.717) is 6.04 Å². The molecule has 0 aliphatic heterocycles. The lowest BCUT2D eigenvalue weighted by Crippen LogP contribution is -2.34. The fourth-order valence-electron chi connectivity index (χ4n) is 2.38. The molecule has 96 valence electrons. The van der Waals surface area contributed by atoms with Crippen molar-refractivity contribution in [2.75, 3.05) is 19.6 Å². The summed E-state index contributed by atoms with van der Waals surface area (Å²) < 4.78 is 1.94. The summed E-state index contributed by atoms with van der Waals surface area (Å²) in [6, 6.07) is 3.32. The molecule has 0 saturated heterocycles. The van der Waals surface area contributed by atoms with E-state index in [4.69, 9.17) is 0 Å². The van der Waals surface area contributed by atoms with Gasteiger partial charge in [-0.25, -0.2) is 0 Å². The van der Waals surface area contributed by atoms with Crippen LogP contribution in [-0.4, -0.2) is 40.4 Å². The summed E-state index contributed by atoms with van der Waals surface area (Å²) in [6.45, 7) is 7.83. The Morgan fingerprint density at radius 1 is 1.59 bits per heavy atom. The number of nitrogens with one attached hydrogen (secondary N) is 1. The fraction of sp³-hybridized carbons (Fsp3) is 0.769. The highest BCUT2D eigenvalue weighted by molar-refractivity contribution is 5.05. The molecule has 0 bridgehead atoms. The van der Waals surface area contributed by atoms with Gasteiger partial charge in [-0.2, -0.15) is 5.10 Å². The van der Waals surface area contributed by atoms with Gasteiger partial charge >= 0.3 is 0 Å². The Kier molecular flexibility index (Phi) is 4.18. The topological polar surface area (TPSA) is 33.1 Å². The third-order valence-corrected chi connectivity index (χ3v) is 3.62. The maximum absolute atomic E-state index is 4.20. The highest BCUT2D eigenvalue weighted by Crippen LogP contribution is 2.25. The second kappa shape index (κ2) is 5.65. The Labute approximate surface area is 104 Å². The molecular formula is C13H24N4. The molecule has 0 aromatic carbocycles. The lowest BCUT2D eigenvalue weighted by Gasteiger charge is -2.21. The van der Waals surface area contributed by atoms with Crippen LogP contribution in [-0.2, 0) is 7.05 Å². The Balaban J connectivity index is 1.72. The lowest BCUT2D eigenvalue weighted by molar-refractivity contribution is 0.272. The molecule has 1 saturated carbocycles. The van der Waals surface area contributed by atoms with Gasteiger partial charge in [-0.15, -0.1) is 0 Å². The molecular weight excluding hydrogens is 212 g/mol. The Bertz CT molecular complexity index is 343. The normalized spacial score (nSPS) is 17.6. The average Bonchev–Trinajstić information content (AvgIpc) is 3.06. The van der Waals surface area contributed by atoms with E-state index < -0.39 is 0 Å². The molecule has 1 aromatic heterocycles. The molecule has 1 fully saturated rings. The van der Waals surface area contributed by atoms with Crippen LogP contribution >= 0.6 is 0 Å². The summed E-state index contributed by atoms with van der Waals surface area (Å²) in [5.74, 6) is 0. The summed E-state index contributed by atoms with van der Waals surface area (Å²) >= 11 is 0. The van der Waals surface area contributed by atoms with Crippen molar-refractivity contribution in [2.24, 2.45) is 7.05 Å². The zero-order chi connectivity index (χ0) is 12.3. The molecule has 1 aliphatic carbocycles. The van der Waals surface area contributed by atoms with Crippen molar-refractivity contribution in [3.8, 4) is 0 Å². The monoisotopic (exact) mass is 236 g/mol. The Morgan fingerprint density at radius 3 is 2.88 bits per heavy atom. The van der Waals surface area contributed by atoms with Gasteiger partial charge in [0.05, 0.1) is 5.69 Å². The van der Waals surface area contributed by atoms with E-state index in [2.05, 4.69) is 35.2 Å². The molecule has 1 aromatic rings. The van der Waals surface area contributed by atoms with E-state index in [1.165, 1.54) is 25.1 Å². The van der Waals surface area contributed by atoms with Crippen molar-refractivity contribution < 1.29 is 0 Å². The molecule has 4 nitrogen and oxygen atoms in total. The fourth-order valence-corrected chi connectivity index (χ4v) is 2.38. The molecule has 17 heavy (non-hydrogen) atoms. The predicted octanol–water partition coefficient (Wildman–Crippen LogP) is 1.55. The molecule has 2 rings (SSSR count). The zero-order valence-corrected chi connectivity index (χ0v) is 11.2. The number of rotatable bonds is 7. The zero-order valence-electron chi connectivity index (χ0n) is 11.2. The maximum Gasteiger partial charge on any atom is 0.0547 e. The van der Waals surface area contributed by atoms with Gasteiger partial charge in [0.25, 0.3) is 0 Å². The summed E-state index contributed by atoms with van der Waals surface area (Å²) in [6.07, 6.45) is 4.65. The van der Waals surface area contributed by atoms with Gasteiger partial charge in [0.2, 0.25) is 0 Å².